The monoisotopic (exact) mass is 208 g/mol. The second kappa shape index (κ2) is 3.46. The molecule has 0 amide bonds. The van der Waals surface area contributed by atoms with Crippen LogP contribution in [0.15, 0.2) is 30.7 Å². The molecule has 1 aromatic carbocycles. The molecular weight excluding hydrogens is 199 g/mol. The Morgan fingerprint density at radius 1 is 1.43 bits per heavy atom. The number of hydrogen-bond acceptors (Lipinski definition) is 2. The zero-order valence-electron chi connectivity index (χ0n) is 7.61. The van der Waals surface area contributed by atoms with E-state index in [1.807, 2.05) is 13.0 Å². The van der Waals surface area contributed by atoms with Crippen LogP contribution in [0.25, 0.3) is 11.3 Å². The molecule has 2 aromatic rings. The van der Waals surface area contributed by atoms with E-state index >= 15 is 0 Å². The first-order valence-electron chi connectivity index (χ1n) is 4.16. The maximum atomic E-state index is 13.5. The van der Waals surface area contributed by atoms with Gasteiger partial charge in [-0.15, -0.1) is 0 Å². The Hall–Kier alpha value is -1.29. The molecule has 0 radical (unpaired) electrons. The zero-order valence-corrected chi connectivity index (χ0v) is 8.50. The number of aromatic nitrogens is 2. The van der Waals surface area contributed by atoms with Gasteiger partial charge in [0.2, 0.25) is 0 Å². The van der Waals surface area contributed by atoms with Crippen molar-refractivity contribution in [2.45, 2.75) is 6.92 Å². The zero-order chi connectivity index (χ0) is 10.1. The normalized spacial score (nSPS) is 10.5. The minimum Gasteiger partial charge on any atom is -0.275 e. The third-order valence-electron chi connectivity index (χ3n) is 2.02. The number of benzene rings is 1. The van der Waals surface area contributed by atoms with Crippen molar-refractivity contribution in [3.8, 4) is 11.3 Å². The average Bonchev–Trinajstić information content (AvgIpc) is 2.52. The highest BCUT2D eigenvalue weighted by molar-refractivity contribution is 7.78. The van der Waals surface area contributed by atoms with Gasteiger partial charge in [0.25, 0.3) is 0 Å². The van der Waals surface area contributed by atoms with Gasteiger partial charge >= 0.3 is 0 Å². The number of thiol groups is 1. The van der Waals surface area contributed by atoms with E-state index in [1.165, 1.54) is 16.4 Å². The first kappa shape index (κ1) is 9.27. The molecule has 0 spiro atoms. The van der Waals surface area contributed by atoms with Crippen LogP contribution in [0, 0.1) is 12.7 Å². The lowest BCUT2D eigenvalue weighted by atomic mass is 10.1. The predicted molar refractivity (Wildman–Crippen MR) is 56.7 cm³/mol. The average molecular weight is 208 g/mol. The van der Waals surface area contributed by atoms with Gasteiger partial charge < -0.3 is 0 Å². The number of hydrogen-bond donors (Lipinski definition) is 1. The summed E-state index contributed by atoms with van der Waals surface area (Å²) >= 11 is 4.12. The van der Waals surface area contributed by atoms with E-state index in [2.05, 4.69) is 17.8 Å². The van der Waals surface area contributed by atoms with E-state index in [-0.39, 0.29) is 5.82 Å². The summed E-state index contributed by atoms with van der Waals surface area (Å²) in [6.07, 6.45) is 3.11. The molecule has 0 fully saturated rings. The van der Waals surface area contributed by atoms with Crippen molar-refractivity contribution in [2.24, 2.45) is 0 Å². The Bertz CT molecular complexity index is 465. The van der Waals surface area contributed by atoms with E-state index < -0.39 is 0 Å². The SMILES string of the molecule is Cc1ccc(-c2cncn2S)c(F)c1. The second-order valence-electron chi connectivity index (χ2n) is 3.11. The molecule has 0 saturated heterocycles. The van der Waals surface area contributed by atoms with E-state index in [4.69, 9.17) is 0 Å². The van der Waals surface area contributed by atoms with Gasteiger partial charge in [0, 0.05) is 5.56 Å². The molecule has 0 atom stereocenters. The summed E-state index contributed by atoms with van der Waals surface area (Å²) < 4.78 is 15.0. The highest BCUT2D eigenvalue weighted by Gasteiger charge is 2.08. The molecule has 1 aromatic heterocycles. The summed E-state index contributed by atoms with van der Waals surface area (Å²) in [5.74, 6) is -0.249. The number of aryl methyl sites for hydroxylation is 1. The second-order valence-corrected chi connectivity index (χ2v) is 3.54. The van der Waals surface area contributed by atoms with Gasteiger partial charge in [-0.05, 0) is 24.6 Å². The van der Waals surface area contributed by atoms with Crippen LogP contribution in [0.3, 0.4) is 0 Å². The standard InChI is InChI=1S/C10H9FN2S/c1-7-2-3-8(9(11)4-7)10-5-12-6-13(10)14/h2-6,14H,1H3. The highest BCUT2D eigenvalue weighted by atomic mass is 32.1. The Balaban J connectivity index is 2.58. The van der Waals surface area contributed by atoms with E-state index in [0.717, 1.165) is 5.56 Å². The molecule has 14 heavy (non-hydrogen) atoms. The molecule has 0 N–H and O–H groups in total. The lowest BCUT2D eigenvalue weighted by Gasteiger charge is -2.03. The summed E-state index contributed by atoms with van der Waals surface area (Å²) in [5.41, 5.74) is 2.07. The Morgan fingerprint density at radius 3 is 2.79 bits per heavy atom. The smallest absolute Gasteiger partial charge is 0.132 e. The molecule has 0 saturated carbocycles. The summed E-state index contributed by atoms with van der Waals surface area (Å²) in [6, 6.07) is 5.09. The van der Waals surface area contributed by atoms with E-state index in [9.17, 15) is 4.39 Å². The Labute approximate surface area is 86.9 Å². The lowest BCUT2D eigenvalue weighted by molar-refractivity contribution is 0.629. The molecule has 2 nitrogen and oxygen atoms in total. The first-order valence-corrected chi connectivity index (χ1v) is 4.56. The van der Waals surface area contributed by atoms with E-state index in [1.54, 1.807) is 12.3 Å². The summed E-state index contributed by atoms with van der Waals surface area (Å²) in [4.78, 5) is 3.88. The maximum Gasteiger partial charge on any atom is 0.132 e. The molecule has 0 aliphatic carbocycles. The first-order chi connectivity index (χ1) is 6.68. The molecule has 0 unspecified atom stereocenters. The van der Waals surface area contributed by atoms with Gasteiger partial charge in [0.15, 0.2) is 0 Å². The van der Waals surface area contributed by atoms with Crippen LogP contribution in [-0.2, 0) is 0 Å². The van der Waals surface area contributed by atoms with E-state index in [0.29, 0.717) is 11.3 Å². The third-order valence-corrected chi connectivity index (χ3v) is 2.34. The lowest BCUT2D eigenvalue weighted by Crippen LogP contribution is -1.89. The van der Waals surface area contributed by atoms with Gasteiger partial charge in [0.05, 0.1) is 11.9 Å². The Kier molecular flexibility index (Phi) is 2.29. The summed E-state index contributed by atoms with van der Waals surface area (Å²) in [7, 11) is 0. The molecule has 72 valence electrons. The van der Waals surface area contributed by atoms with Gasteiger partial charge in [-0.2, -0.15) is 0 Å². The van der Waals surface area contributed by atoms with Gasteiger partial charge in [-0.1, -0.05) is 18.9 Å². The Morgan fingerprint density at radius 2 is 2.21 bits per heavy atom. The quantitative estimate of drug-likeness (QED) is 0.713. The summed E-state index contributed by atoms with van der Waals surface area (Å²) in [6.45, 7) is 1.85. The molecule has 0 bridgehead atoms. The van der Waals surface area contributed by atoms with Crippen molar-refractivity contribution in [1.82, 2.24) is 8.96 Å². The van der Waals surface area contributed by atoms with Crippen LogP contribution in [0.1, 0.15) is 5.56 Å². The molecule has 2 rings (SSSR count). The molecular formula is C10H9FN2S. The van der Waals surface area contributed by atoms with Crippen molar-refractivity contribution < 1.29 is 4.39 Å². The van der Waals surface area contributed by atoms with Gasteiger partial charge in [-0.25, -0.2) is 9.37 Å². The number of rotatable bonds is 1. The highest BCUT2D eigenvalue weighted by Crippen LogP contribution is 2.23. The fourth-order valence-electron chi connectivity index (χ4n) is 1.31. The minimum absolute atomic E-state index is 0.249. The molecule has 1 heterocycles. The number of halogens is 1. The van der Waals surface area contributed by atoms with Crippen LogP contribution in [0.5, 0.6) is 0 Å². The minimum atomic E-state index is -0.249. The van der Waals surface area contributed by atoms with Crippen molar-refractivity contribution in [3.63, 3.8) is 0 Å². The molecule has 0 aliphatic heterocycles. The van der Waals surface area contributed by atoms with Gasteiger partial charge in [-0.3, -0.25) is 3.97 Å². The fourth-order valence-corrected chi connectivity index (χ4v) is 1.53. The molecule has 0 aliphatic rings. The van der Waals surface area contributed by atoms with Crippen molar-refractivity contribution in [3.05, 3.63) is 42.1 Å². The topological polar surface area (TPSA) is 17.8 Å². The molecule has 4 heteroatoms. The maximum absolute atomic E-state index is 13.5. The number of nitrogens with zero attached hydrogens (tertiary/aromatic N) is 2. The predicted octanol–water partition coefficient (Wildman–Crippen LogP) is 2.69. The van der Waals surface area contributed by atoms with Crippen molar-refractivity contribution >= 4 is 12.8 Å². The summed E-state index contributed by atoms with van der Waals surface area (Å²) in [5, 5.41) is 0. The van der Waals surface area contributed by atoms with Crippen LogP contribution in [0.2, 0.25) is 0 Å². The van der Waals surface area contributed by atoms with Crippen molar-refractivity contribution in [2.75, 3.05) is 0 Å². The van der Waals surface area contributed by atoms with Gasteiger partial charge in [0.1, 0.15) is 12.1 Å². The van der Waals surface area contributed by atoms with Crippen LogP contribution in [-0.4, -0.2) is 8.96 Å². The third kappa shape index (κ3) is 1.53. The van der Waals surface area contributed by atoms with Crippen LogP contribution in [0.4, 0.5) is 4.39 Å². The van der Waals surface area contributed by atoms with Crippen LogP contribution >= 0.6 is 12.8 Å². The largest absolute Gasteiger partial charge is 0.275 e. The fraction of sp³-hybridized carbons (Fsp3) is 0.100. The number of imidazole rings is 1. The van der Waals surface area contributed by atoms with Crippen molar-refractivity contribution in [1.29, 1.82) is 0 Å². The van der Waals surface area contributed by atoms with Crippen LogP contribution < -0.4 is 0 Å².